The van der Waals surface area contributed by atoms with Crippen molar-refractivity contribution in [1.29, 1.82) is 0 Å². The smallest absolute Gasteiger partial charge is 0.328 e. The summed E-state index contributed by atoms with van der Waals surface area (Å²) in [5.41, 5.74) is 3.12. The zero-order chi connectivity index (χ0) is 18.7. The maximum absolute atomic E-state index is 12.6. The van der Waals surface area contributed by atoms with E-state index in [9.17, 15) is 9.59 Å². The van der Waals surface area contributed by atoms with E-state index in [1.165, 1.54) is 18.4 Å². The van der Waals surface area contributed by atoms with Crippen LogP contribution in [0.2, 0.25) is 0 Å². The van der Waals surface area contributed by atoms with E-state index in [-0.39, 0.29) is 5.91 Å². The largest absolute Gasteiger partial charge is 0.467 e. The summed E-state index contributed by atoms with van der Waals surface area (Å²) in [6, 6.07) is 9.03. The number of aromatic amines is 1. The third kappa shape index (κ3) is 3.65. The van der Waals surface area contributed by atoms with E-state index < -0.39 is 12.0 Å². The van der Waals surface area contributed by atoms with Crippen LogP contribution in [-0.2, 0) is 22.4 Å². The fourth-order valence-corrected chi connectivity index (χ4v) is 4.09. The number of carbonyl (C=O) groups excluding carboxylic acids is 2. The van der Waals surface area contributed by atoms with E-state index in [1.807, 2.05) is 43.5 Å². The number of para-hydroxylation sites is 1. The predicted octanol–water partition coefficient (Wildman–Crippen LogP) is 3.61. The molecule has 1 atom stereocenters. The number of H-pyrrole nitrogens is 1. The summed E-state index contributed by atoms with van der Waals surface area (Å²) in [5.74, 6) is -0.694. The lowest BCUT2D eigenvalue weighted by molar-refractivity contribution is -0.142. The number of hydrogen-bond acceptors (Lipinski definition) is 4. The Morgan fingerprint density at radius 2 is 2.04 bits per heavy atom. The van der Waals surface area contributed by atoms with E-state index in [4.69, 9.17) is 4.74 Å². The molecular weight excluding hydrogens is 348 g/mol. The lowest BCUT2D eigenvalue weighted by atomic mass is 10.0. The van der Waals surface area contributed by atoms with Gasteiger partial charge in [-0.1, -0.05) is 25.1 Å². The summed E-state index contributed by atoms with van der Waals surface area (Å²) >= 11 is 1.45. The molecule has 2 heterocycles. The highest BCUT2D eigenvalue weighted by Crippen LogP contribution is 2.23. The average Bonchev–Trinajstić information content (AvgIpc) is 3.24. The van der Waals surface area contributed by atoms with Crippen molar-refractivity contribution in [2.24, 2.45) is 0 Å². The van der Waals surface area contributed by atoms with Crippen molar-refractivity contribution < 1.29 is 14.3 Å². The maximum atomic E-state index is 12.6. The molecule has 0 aliphatic carbocycles. The molecule has 3 aromatic rings. The molecule has 0 fully saturated rings. The van der Waals surface area contributed by atoms with Gasteiger partial charge in [0.15, 0.2) is 0 Å². The monoisotopic (exact) mass is 370 g/mol. The first-order valence-electron chi connectivity index (χ1n) is 8.56. The molecule has 0 aliphatic heterocycles. The quantitative estimate of drug-likeness (QED) is 0.651. The molecule has 0 bridgehead atoms. The molecule has 26 heavy (non-hydrogen) atoms. The number of fused-ring (bicyclic) bond motifs is 1. The fraction of sp³-hybridized carbons (Fsp3) is 0.300. The number of carbonyl (C=O) groups is 2. The van der Waals surface area contributed by atoms with Gasteiger partial charge in [0.25, 0.3) is 5.91 Å². The minimum atomic E-state index is -0.737. The number of esters is 1. The number of aryl methyl sites for hydroxylation is 2. The summed E-state index contributed by atoms with van der Waals surface area (Å²) in [5, 5.41) is 3.87. The van der Waals surface area contributed by atoms with Gasteiger partial charge in [-0.3, -0.25) is 4.79 Å². The van der Waals surface area contributed by atoms with Crippen LogP contribution < -0.4 is 5.32 Å². The van der Waals surface area contributed by atoms with Crippen LogP contribution in [0.25, 0.3) is 10.9 Å². The van der Waals surface area contributed by atoms with Gasteiger partial charge < -0.3 is 15.0 Å². The second kappa shape index (κ2) is 7.74. The Labute approximate surface area is 156 Å². The number of thiophene rings is 1. The van der Waals surface area contributed by atoms with Gasteiger partial charge in [0.05, 0.1) is 12.0 Å². The normalized spacial score (nSPS) is 12.1. The van der Waals surface area contributed by atoms with Gasteiger partial charge in [-0.15, -0.1) is 11.3 Å². The summed E-state index contributed by atoms with van der Waals surface area (Å²) in [6.45, 7) is 4.06. The highest BCUT2D eigenvalue weighted by Gasteiger charge is 2.24. The van der Waals surface area contributed by atoms with Crippen molar-refractivity contribution in [3.63, 3.8) is 0 Å². The number of hydrogen-bond donors (Lipinski definition) is 2. The van der Waals surface area contributed by atoms with Crippen molar-refractivity contribution in [3.8, 4) is 0 Å². The van der Waals surface area contributed by atoms with Gasteiger partial charge in [-0.05, 0) is 36.6 Å². The van der Waals surface area contributed by atoms with Gasteiger partial charge in [-0.2, -0.15) is 0 Å². The Kier molecular flexibility index (Phi) is 5.42. The average molecular weight is 370 g/mol. The van der Waals surface area contributed by atoms with E-state index >= 15 is 0 Å². The van der Waals surface area contributed by atoms with Gasteiger partial charge in [-0.25, -0.2) is 4.79 Å². The Morgan fingerprint density at radius 3 is 2.73 bits per heavy atom. The molecule has 136 valence electrons. The molecule has 3 rings (SSSR count). The van der Waals surface area contributed by atoms with Crippen LogP contribution in [0.15, 0.2) is 36.5 Å². The first kappa shape index (κ1) is 18.2. The van der Waals surface area contributed by atoms with Crippen LogP contribution in [-0.4, -0.2) is 30.0 Å². The molecule has 5 nitrogen and oxygen atoms in total. The van der Waals surface area contributed by atoms with Gasteiger partial charge in [0.2, 0.25) is 0 Å². The minimum Gasteiger partial charge on any atom is -0.467 e. The number of methoxy groups -OCH3 is 1. The van der Waals surface area contributed by atoms with Crippen LogP contribution >= 0.6 is 11.3 Å². The number of rotatable bonds is 6. The Balaban J connectivity index is 1.82. The van der Waals surface area contributed by atoms with Crippen LogP contribution in [0, 0.1) is 6.92 Å². The molecule has 1 aromatic carbocycles. The Hall–Kier alpha value is -2.60. The first-order chi connectivity index (χ1) is 12.5. The molecule has 6 heteroatoms. The molecule has 2 aromatic heterocycles. The molecule has 0 radical (unpaired) electrons. The topological polar surface area (TPSA) is 71.2 Å². The lowest BCUT2D eigenvalue weighted by Crippen LogP contribution is -2.42. The lowest BCUT2D eigenvalue weighted by Gasteiger charge is -2.15. The second-order valence-corrected chi connectivity index (χ2v) is 7.41. The molecule has 0 saturated heterocycles. The highest BCUT2D eigenvalue weighted by molar-refractivity contribution is 7.14. The second-order valence-electron chi connectivity index (χ2n) is 6.16. The zero-order valence-corrected chi connectivity index (χ0v) is 15.9. The van der Waals surface area contributed by atoms with E-state index in [0.29, 0.717) is 11.3 Å². The number of aromatic nitrogens is 1. The van der Waals surface area contributed by atoms with Crippen molar-refractivity contribution in [1.82, 2.24) is 10.3 Å². The molecule has 2 N–H and O–H groups in total. The van der Waals surface area contributed by atoms with Crippen LogP contribution in [0.1, 0.15) is 32.6 Å². The standard InChI is InChI=1S/C20H22N2O3S/c1-4-13-10-18(26-12(13)2)19(23)22-17(20(24)25-3)9-14-11-21-16-8-6-5-7-15(14)16/h5-8,10-11,17,21H,4,9H2,1-3H3,(H,22,23). The van der Waals surface area contributed by atoms with Gasteiger partial charge >= 0.3 is 5.97 Å². The zero-order valence-electron chi connectivity index (χ0n) is 15.1. The van der Waals surface area contributed by atoms with Crippen LogP contribution in [0.3, 0.4) is 0 Å². The maximum Gasteiger partial charge on any atom is 0.328 e. The summed E-state index contributed by atoms with van der Waals surface area (Å²) in [7, 11) is 1.33. The van der Waals surface area contributed by atoms with Gasteiger partial charge in [0, 0.05) is 28.4 Å². The Morgan fingerprint density at radius 1 is 1.27 bits per heavy atom. The number of ether oxygens (including phenoxy) is 1. The van der Waals surface area contributed by atoms with Crippen molar-refractivity contribution in [3.05, 3.63) is 57.4 Å². The SMILES string of the molecule is CCc1cc(C(=O)NC(Cc2c[nH]c3ccccc23)C(=O)OC)sc1C. The summed E-state index contributed by atoms with van der Waals surface area (Å²) in [4.78, 5) is 29.8. The number of amides is 1. The fourth-order valence-electron chi connectivity index (χ4n) is 3.07. The third-order valence-corrected chi connectivity index (χ3v) is 5.61. The summed E-state index contributed by atoms with van der Waals surface area (Å²) in [6.07, 6.45) is 3.12. The molecular formula is C20H22N2O3S. The summed E-state index contributed by atoms with van der Waals surface area (Å²) < 4.78 is 4.90. The molecule has 0 spiro atoms. The highest BCUT2D eigenvalue weighted by atomic mass is 32.1. The van der Waals surface area contributed by atoms with Gasteiger partial charge in [0.1, 0.15) is 6.04 Å². The third-order valence-electron chi connectivity index (χ3n) is 4.52. The first-order valence-corrected chi connectivity index (χ1v) is 9.38. The van der Waals surface area contributed by atoms with E-state index in [0.717, 1.165) is 33.3 Å². The molecule has 1 amide bonds. The van der Waals surface area contributed by atoms with Crippen molar-refractivity contribution >= 4 is 34.1 Å². The minimum absolute atomic E-state index is 0.243. The van der Waals surface area contributed by atoms with Crippen molar-refractivity contribution in [2.45, 2.75) is 32.7 Å². The number of benzene rings is 1. The Bertz CT molecular complexity index is 942. The van der Waals surface area contributed by atoms with E-state index in [1.54, 1.807) is 0 Å². The molecule has 0 saturated carbocycles. The number of nitrogens with one attached hydrogen (secondary N) is 2. The predicted molar refractivity (Wildman–Crippen MR) is 104 cm³/mol. The van der Waals surface area contributed by atoms with Crippen LogP contribution in [0.4, 0.5) is 0 Å². The van der Waals surface area contributed by atoms with Crippen LogP contribution in [0.5, 0.6) is 0 Å². The molecule has 0 aliphatic rings. The molecule has 1 unspecified atom stereocenters. The van der Waals surface area contributed by atoms with Crippen molar-refractivity contribution in [2.75, 3.05) is 7.11 Å². The van der Waals surface area contributed by atoms with E-state index in [2.05, 4.69) is 17.2 Å².